The van der Waals surface area contributed by atoms with Gasteiger partial charge in [0.25, 0.3) is 0 Å². The van der Waals surface area contributed by atoms with Crippen LogP contribution in [0.25, 0.3) is 0 Å². The predicted molar refractivity (Wildman–Crippen MR) is 91.3 cm³/mol. The molecule has 1 saturated heterocycles. The van der Waals surface area contributed by atoms with Crippen LogP contribution in [0.2, 0.25) is 0 Å². The number of ether oxygens (including phenoxy) is 1. The second kappa shape index (κ2) is 7.20. The Morgan fingerprint density at radius 2 is 2.17 bits per heavy atom. The first-order chi connectivity index (χ1) is 11.6. The van der Waals surface area contributed by atoms with Gasteiger partial charge in [-0.25, -0.2) is 0 Å². The van der Waals surface area contributed by atoms with Crippen molar-refractivity contribution in [3.63, 3.8) is 0 Å². The lowest BCUT2D eigenvalue weighted by Gasteiger charge is -2.16. The summed E-state index contributed by atoms with van der Waals surface area (Å²) in [7, 11) is 3.88. The van der Waals surface area contributed by atoms with Gasteiger partial charge in [0.05, 0.1) is 12.8 Å². The number of aromatic nitrogens is 3. The third kappa shape index (κ3) is 3.53. The summed E-state index contributed by atoms with van der Waals surface area (Å²) in [5.74, 6) is 0.928. The molecule has 0 amide bonds. The number of aryl methyl sites for hydroxylation is 2. The van der Waals surface area contributed by atoms with Crippen LogP contribution >= 0.6 is 0 Å². The minimum absolute atomic E-state index is 0.449. The molecule has 0 spiro atoms. The average molecular weight is 327 g/mol. The summed E-state index contributed by atoms with van der Waals surface area (Å²) in [5.41, 5.74) is 3.19. The van der Waals surface area contributed by atoms with Gasteiger partial charge in [-0.15, -0.1) is 0 Å². The number of hydrogen-bond acceptors (Lipinski definition) is 4. The van der Waals surface area contributed by atoms with Crippen LogP contribution in [0.4, 0.5) is 0 Å². The van der Waals surface area contributed by atoms with Crippen LogP contribution in [0.15, 0.2) is 24.7 Å². The average Bonchev–Trinajstić information content (AvgIpc) is 3.24. The second-order valence-corrected chi connectivity index (χ2v) is 6.62. The smallest absolute Gasteiger partial charge is 0.120 e. The minimum atomic E-state index is 0.449. The van der Waals surface area contributed by atoms with Gasteiger partial charge in [0.2, 0.25) is 0 Å². The molecule has 0 bridgehead atoms. The van der Waals surface area contributed by atoms with Gasteiger partial charge in [-0.05, 0) is 24.1 Å². The monoisotopic (exact) mass is 327 g/mol. The van der Waals surface area contributed by atoms with Crippen LogP contribution < -0.4 is 0 Å². The molecule has 0 aromatic carbocycles. The lowest BCUT2D eigenvalue weighted by molar-refractivity contribution is 0.107. The third-order valence-corrected chi connectivity index (χ3v) is 4.79. The zero-order valence-corrected chi connectivity index (χ0v) is 14.6. The summed E-state index contributed by atoms with van der Waals surface area (Å²) in [6.45, 7) is 6.45. The fourth-order valence-electron chi connectivity index (χ4n) is 3.63. The molecule has 128 valence electrons. The first-order valence-corrected chi connectivity index (χ1v) is 8.44. The van der Waals surface area contributed by atoms with Crippen molar-refractivity contribution < 1.29 is 4.74 Å². The summed E-state index contributed by atoms with van der Waals surface area (Å²) in [5, 5.41) is 13.4. The van der Waals surface area contributed by atoms with Gasteiger partial charge in [-0.2, -0.15) is 10.4 Å². The Balaban J connectivity index is 1.72. The molecule has 0 aliphatic carbocycles. The van der Waals surface area contributed by atoms with E-state index in [2.05, 4.69) is 22.3 Å². The minimum Gasteiger partial charge on any atom is -0.381 e. The van der Waals surface area contributed by atoms with Crippen molar-refractivity contribution in [2.75, 3.05) is 26.3 Å². The fraction of sp³-hybridized carbons (Fsp3) is 0.556. The van der Waals surface area contributed by atoms with E-state index in [4.69, 9.17) is 10.00 Å². The van der Waals surface area contributed by atoms with Crippen LogP contribution in [-0.4, -0.2) is 45.6 Å². The summed E-state index contributed by atoms with van der Waals surface area (Å²) in [6.07, 6.45) is 6.14. The molecular weight excluding hydrogens is 302 g/mol. The van der Waals surface area contributed by atoms with E-state index in [1.807, 2.05) is 48.7 Å². The van der Waals surface area contributed by atoms with E-state index in [-0.39, 0.29) is 0 Å². The number of nitrogens with zero attached hydrogens (tertiary/aromatic N) is 5. The molecule has 6 nitrogen and oxygen atoms in total. The van der Waals surface area contributed by atoms with Gasteiger partial charge in [0.15, 0.2) is 0 Å². The largest absolute Gasteiger partial charge is 0.381 e. The Morgan fingerprint density at radius 3 is 2.79 bits per heavy atom. The molecule has 3 heterocycles. The third-order valence-electron chi connectivity index (χ3n) is 4.79. The molecule has 1 aliphatic rings. The van der Waals surface area contributed by atoms with Crippen molar-refractivity contribution in [1.29, 1.82) is 5.26 Å². The van der Waals surface area contributed by atoms with Gasteiger partial charge in [-0.1, -0.05) is 0 Å². The van der Waals surface area contributed by atoms with Crippen molar-refractivity contribution in [1.82, 2.24) is 19.2 Å². The van der Waals surface area contributed by atoms with E-state index in [0.717, 1.165) is 32.8 Å². The molecule has 2 aromatic rings. The van der Waals surface area contributed by atoms with E-state index in [9.17, 15) is 0 Å². The summed E-state index contributed by atoms with van der Waals surface area (Å²) in [6, 6.07) is 4.21. The molecule has 6 heteroatoms. The zero-order chi connectivity index (χ0) is 17.1. The van der Waals surface area contributed by atoms with Gasteiger partial charge in [-0.3, -0.25) is 9.58 Å². The SMILES string of the molecule is CCOC[C@@H]1CN(Cc2cc(C#N)n(C)c2)C[C@H]1c1cnn(C)c1. The van der Waals surface area contributed by atoms with E-state index in [0.29, 0.717) is 17.5 Å². The molecule has 0 unspecified atom stereocenters. The highest BCUT2D eigenvalue weighted by molar-refractivity contribution is 5.28. The Bertz CT molecular complexity index is 726. The molecule has 0 radical (unpaired) electrons. The normalized spacial score (nSPS) is 21.2. The summed E-state index contributed by atoms with van der Waals surface area (Å²) in [4.78, 5) is 2.46. The van der Waals surface area contributed by atoms with E-state index < -0.39 is 0 Å². The van der Waals surface area contributed by atoms with Crippen LogP contribution in [0.1, 0.15) is 29.7 Å². The van der Waals surface area contributed by atoms with E-state index in [1.165, 1.54) is 11.1 Å². The molecule has 24 heavy (non-hydrogen) atoms. The molecule has 2 aromatic heterocycles. The highest BCUT2D eigenvalue weighted by Gasteiger charge is 2.34. The Hall–Kier alpha value is -2.10. The standard InChI is InChI=1S/C18H25N5O/c1-4-24-13-16-11-23(9-14-5-17(6-19)21(2)8-14)12-18(16)15-7-20-22(3)10-15/h5,7-8,10,16,18H,4,9,11-13H2,1-3H3/t16-,18-/m0/s1. The predicted octanol–water partition coefficient (Wildman–Crippen LogP) is 1.88. The molecule has 0 saturated carbocycles. The lowest BCUT2D eigenvalue weighted by atomic mass is 9.92. The van der Waals surface area contributed by atoms with Gasteiger partial charge >= 0.3 is 0 Å². The Morgan fingerprint density at radius 1 is 1.33 bits per heavy atom. The molecule has 2 atom stereocenters. The maximum atomic E-state index is 9.11. The summed E-state index contributed by atoms with van der Waals surface area (Å²) >= 11 is 0. The van der Waals surface area contributed by atoms with Crippen LogP contribution in [0.3, 0.4) is 0 Å². The first-order valence-electron chi connectivity index (χ1n) is 8.44. The highest BCUT2D eigenvalue weighted by Crippen LogP contribution is 2.33. The molecule has 0 N–H and O–H groups in total. The highest BCUT2D eigenvalue weighted by atomic mass is 16.5. The summed E-state index contributed by atoms with van der Waals surface area (Å²) < 4.78 is 9.47. The maximum absolute atomic E-state index is 9.11. The molecule has 3 rings (SSSR count). The van der Waals surface area contributed by atoms with Crippen molar-refractivity contribution in [3.05, 3.63) is 41.5 Å². The Kier molecular flexibility index (Phi) is 5.03. The van der Waals surface area contributed by atoms with E-state index in [1.54, 1.807) is 0 Å². The number of rotatable bonds is 6. The van der Waals surface area contributed by atoms with Crippen molar-refractivity contribution in [2.45, 2.75) is 19.4 Å². The second-order valence-electron chi connectivity index (χ2n) is 6.62. The van der Waals surface area contributed by atoms with Crippen molar-refractivity contribution in [3.8, 4) is 6.07 Å². The fourth-order valence-corrected chi connectivity index (χ4v) is 3.63. The van der Waals surface area contributed by atoms with Gasteiger partial charge < -0.3 is 9.30 Å². The number of hydrogen-bond donors (Lipinski definition) is 0. The maximum Gasteiger partial charge on any atom is 0.120 e. The molecule has 1 aliphatic heterocycles. The Labute approximate surface area is 143 Å². The first kappa shape index (κ1) is 16.7. The quantitative estimate of drug-likeness (QED) is 0.813. The van der Waals surface area contributed by atoms with Gasteiger partial charge in [0, 0.05) is 64.6 Å². The van der Waals surface area contributed by atoms with Crippen LogP contribution in [-0.2, 0) is 25.4 Å². The van der Waals surface area contributed by atoms with Crippen LogP contribution in [0, 0.1) is 17.2 Å². The topological polar surface area (TPSA) is 59.0 Å². The zero-order valence-electron chi connectivity index (χ0n) is 14.6. The van der Waals surface area contributed by atoms with Gasteiger partial charge in [0.1, 0.15) is 11.8 Å². The van der Waals surface area contributed by atoms with E-state index >= 15 is 0 Å². The van der Waals surface area contributed by atoms with Crippen molar-refractivity contribution in [2.24, 2.45) is 20.0 Å². The van der Waals surface area contributed by atoms with Crippen LogP contribution in [0.5, 0.6) is 0 Å². The molecular formula is C18H25N5O. The number of likely N-dealkylation sites (tertiary alicyclic amines) is 1. The van der Waals surface area contributed by atoms with Crippen molar-refractivity contribution >= 4 is 0 Å². The lowest BCUT2D eigenvalue weighted by Crippen LogP contribution is -2.21. The number of nitriles is 1. The molecule has 1 fully saturated rings.